The molecule has 3 atom stereocenters. The number of rotatable bonds is 2. The van der Waals surface area contributed by atoms with Gasteiger partial charge in [0.2, 0.25) is 0 Å². The molecule has 0 amide bonds. The third-order valence-corrected chi connectivity index (χ3v) is 4.58. The molecule has 0 aromatic rings. The lowest BCUT2D eigenvalue weighted by molar-refractivity contribution is -0.125. The fraction of sp³-hybridized carbons (Fsp3) is 0.933. The highest BCUT2D eigenvalue weighted by atomic mass is 16.1. The monoisotopic (exact) mass is 237 g/mol. The third kappa shape index (κ3) is 2.42. The second kappa shape index (κ2) is 4.72. The molecule has 1 saturated carbocycles. The molecule has 0 radical (unpaired) electrons. The van der Waals surface area contributed by atoms with E-state index in [2.05, 4.69) is 25.7 Å². The van der Waals surface area contributed by atoms with Crippen molar-refractivity contribution in [2.24, 2.45) is 5.92 Å². The summed E-state index contributed by atoms with van der Waals surface area (Å²) in [4.78, 5) is 14.7. The number of hydrogen-bond donors (Lipinski definition) is 0. The molecular formula is C15H27NO. The van der Waals surface area contributed by atoms with Gasteiger partial charge in [-0.1, -0.05) is 19.8 Å². The van der Waals surface area contributed by atoms with Crippen LogP contribution in [0.5, 0.6) is 0 Å². The Hall–Kier alpha value is -0.370. The molecule has 2 nitrogen and oxygen atoms in total. The molecule has 0 bridgehead atoms. The highest BCUT2D eigenvalue weighted by Gasteiger charge is 2.48. The topological polar surface area (TPSA) is 20.3 Å². The summed E-state index contributed by atoms with van der Waals surface area (Å²) in [5.41, 5.74) is 0.131. The molecule has 0 spiro atoms. The average molecular weight is 237 g/mol. The zero-order chi connectivity index (χ0) is 12.6. The highest BCUT2D eigenvalue weighted by Crippen LogP contribution is 2.43. The second-order valence-electron chi connectivity index (χ2n) is 6.76. The van der Waals surface area contributed by atoms with Crippen LogP contribution < -0.4 is 0 Å². The molecule has 1 aliphatic heterocycles. The fourth-order valence-corrected chi connectivity index (χ4v) is 3.95. The number of carbonyl (C=O) groups is 1. The first-order valence-electron chi connectivity index (χ1n) is 7.26. The van der Waals surface area contributed by atoms with Gasteiger partial charge in [0.15, 0.2) is 0 Å². The van der Waals surface area contributed by atoms with E-state index in [1.807, 2.05) is 6.92 Å². The Bertz CT molecular complexity index is 292. The molecule has 2 rings (SSSR count). The standard InChI is InChI=1S/C15H27NO/c1-5-14(17)13-10-11-8-6-7-9-12(11)16(13)15(2,3)4/h11-13H,5-10H2,1-4H3/t11-,12-,13?/m0/s1. The molecule has 2 fully saturated rings. The Morgan fingerprint density at radius 2 is 1.88 bits per heavy atom. The van der Waals surface area contributed by atoms with Crippen molar-refractivity contribution in [2.75, 3.05) is 0 Å². The zero-order valence-corrected chi connectivity index (χ0v) is 11.8. The van der Waals surface area contributed by atoms with E-state index < -0.39 is 0 Å². The van der Waals surface area contributed by atoms with Crippen LogP contribution in [-0.2, 0) is 4.79 Å². The van der Waals surface area contributed by atoms with Gasteiger partial charge in [-0.15, -0.1) is 0 Å². The summed E-state index contributed by atoms with van der Waals surface area (Å²) in [6.07, 6.45) is 7.17. The molecule has 0 aromatic heterocycles. The van der Waals surface area contributed by atoms with Crippen molar-refractivity contribution in [3.63, 3.8) is 0 Å². The van der Waals surface area contributed by atoms with Gasteiger partial charge in [0.1, 0.15) is 5.78 Å². The van der Waals surface area contributed by atoms with E-state index in [4.69, 9.17) is 0 Å². The summed E-state index contributed by atoms with van der Waals surface area (Å²) in [5, 5.41) is 0. The van der Waals surface area contributed by atoms with Gasteiger partial charge in [0.25, 0.3) is 0 Å². The zero-order valence-electron chi connectivity index (χ0n) is 11.8. The lowest BCUT2D eigenvalue weighted by atomic mass is 9.84. The predicted octanol–water partition coefficient (Wildman–Crippen LogP) is 3.40. The maximum absolute atomic E-state index is 12.2. The Labute approximate surface area is 106 Å². The van der Waals surface area contributed by atoms with E-state index in [1.54, 1.807) is 0 Å². The molecule has 2 aliphatic rings. The molecule has 0 aromatic carbocycles. The highest BCUT2D eigenvalue weighted by molar-refractivity contribution is 5.84. The van der Waals surface area contributed by atoms with Gasteiger partial charge in [-0.25, -0.2) is 0 Å². The summed E-state index contributed by atoms with van der Waals surface area (Å²) < 4.78 is 0. The normalized spacial score (nSPS) is 34.7. The van der Waals surface area contributed by atoms with Crippen molar-refractivity contribution >= 4 is 5.78 Å². The Kier molecular flexibility index (Phi) is 3.63. The summed E-state index contributed by atoms with van der Waals surface area (Å²) in [7, 11) is 0. The van der Waals surface area contributed by atoms with Gasteiger partial charge in [-0.2, -0.15) is 0 Å². The summed E-state index contributed by atoms with van der Waals surface area (Å²) in [6.45, 7) is 8.80. The molecule has 98 valence electrons. The third-order valence-electron chi connectivity index (χ3n) is 4.58. The molecular weight excluding hydrogens is 210 g/mol. The number of nitrogens with zero attached hydrogens (tertiary/aromatic N) is 1. The number of fused-ring (bicyclic) bond motifs is 1. The molecule has 1 unspecified atom stereocenters. The van der Waals surface area contributed by atoms with Crippen molar-refractivity contribution in [3.05, 3.63) is 0 Å². The van der Waals surface area contributed by atoms with Gasteiger partial charge >= 0.3 is 0 Å². The second-order valence-corrected chi connectivity index (χ2v) is 6.76. The minimum absolute atomic E-state index is 0.131. The van der Waals surface area contributed by atoms with E-state index in [0.29, 0.717) is 18.2 Å². The Balaban J connectivity index is 2.24. The molecule has 0 N–H and O–H groups in total. The van der Waals surface area contributed by atoms with Gasteiger partial charge in [-0.3, -0.25) is 9.69 Å². The first-order chi connectivity index (χ1) is 7.95. The molecule has 2 heteroatoms. The summed E-state index contributed by atoms with van der Waals surface area (Å²) >= 11 is 0. The van der Waals surface area contributed by atoms with Crippen molar-refractivity contribution in [2.45, 2.75) is 83.8 Å². The molecule has 1 heterocycles. The van der Waals surface area contributed by atoms with Crippen molar-refractivity contribution < 1.29 is 4.79 Å². The minimum atomic E-state index is 0.131. The largest absolute Gasteiger partial charge is 0.298 e. The first-order valence-corrected chi connectivity index (χ1v) is 7.26. The fourth-order valence-electron chi connectivity index (χ4n) is 3.95. The van der Waals surface area contributed by atoms with E-state index >= 15 is 0 Å². The van der Waals surface area contributed by atoms with E-state index in [9.17, 15) is 4.79 Å². The van der Waals surface area contributed by atoms with Gasteiger partial charge in [0, 0.05) is 18.0 Å². The first kappa shape index (κ1) is 13.1. The molecule has 17 heavy (non-hydrogen) atoms. The van der Waals surface area contributed by atoms with Crippen LogP contribution in [0.25, 0.3) is 0 Å². The van der Waals surface area contributed by atoms with E-state index in [0.717, 1.165) is 12.3 Å². The number of Topliss-reactive ketones (excluding diaryl/α,β-unsaturated/α-hetero) is 1. The lowest BCUT2D eigenvalue weighted by Gasteiger charge is -2.42. The van der Waals surface area contributed by atoms with Crippen LogP contribution in [-0.4, -0.2) is 28.3 Å². The van der Waals surface area contributed by atoms with Crippen LogP contribution >= 0.6 is 0 Å². The van der Waals surface area contributed by atoms with Gasteiger partial charge in [0.05, 0.1) is 6.04 Å². The van der Waals surface area contributed by atoms with Crippen molar-refractivity contribution in [3.8, 4) is 0 Å². The molecule has 1 aliphatic carbocycles. The minimum Gasteiger partial charge on any atom is -0.298 e. The van der Waals surface area contributed by atoms with E-state index in [1.165, 1.54) is 25.7 Å². The van der Waals surface area contributed by atoms with Crippen molar-refractivity contribution in [1.82, 2.24) is 4.90 Å². The van der Waals surface area contributed by atoms with Crippen LogP contribution in [0.4, 0.5) is 0 Å². The van der Waals surface area contributed by atoms with Gasteiger partial charge in [-0.05, 0) is 46.0 Å². The quantitative estimate of drug-likeness (QED) is 0.733. The SMILES string of the molecule is CCC(=O)C1C[C@@H]2CCCC[C@@H]2N1C(C)(C)C. The average Bonchev–Trinajstić information content (AvgIpc) is 2.66. The number of likely N-dealkylation sites (tertiary alicyclic amines) is 1. The number of ketones is 1. The van der Waals surface area contributed by atoms with Crippen molar-refractivity contribution in [1.29, 1.82) is 0 Å². The maximum atomic E-state index is 12.2. The van der Waals surface area contributed by atoms with Crippen LogP contribution in [0.15, 0.2) is 0 Å². The maximum Gasteiger partial charge on any atom is 0.149 e. The van der Waals surface area contributed by atoms with Crippen LogP contribution in [0.1, 0.15) is 66.2 Å². The number of carbonyl (C=O) groups excluding carboxylic acids is 1. The van der Waals surface area contributed by atoms with Crippen LogP contribution in [0.2, 0.25) is 0 Å². The van der Waals surface area contributed by atoms with Crippen LogP contribution in [0, 0.1) is 5.92 Å². The van der Waals surface area contributed by atoms with Crippen LogP contribution in [0.3, 0.4) is 0 Å². The summed E-state index contributed by atoms with van der Waals surface area (Å²) in [6, 6.07) is 0.873. The molecule has 1 saturated heterocycles. The Morgan fingerprint density at radius 3 is 2.47 bits per heavy atom. The summed E-state index contributed by atoms with van der Waals surface area (Å²) in [5.74, 6) is 1.23. The Morgan fingerprint density at radius 1 is 1.24 bits per heavy atom. The van der Waals surface area contributed by atoms with E-state index in [-0.39, 0.29) is 11.6 Å². The smallest absolute Gasteiger partial charge is 0.149 e. The van der Waals surface area contributed by atoms with Gasteiger partial charge < -0.3 is 0 Å². The lowest BCUT2D eigenvalue weighted by Crippen LogP contribution is -2.52. The number of hydrogen-bond acceptors (Lipinski definition) is 2. The predicted molar refractivity (Wildman–Crippen MR) is 71.0 cm³/mol.